The summed E-state index contributed by atoms with van der Waals surface area (Å²) in [6.07, 6.45) is 4.26. The number of hydrogen-bond acceptors (Lipinski definition) is 7. The number of sulfonamides is 1. The Balaban J connectivity index is 1.36. The zero-order chi connectivity index (χ0) is 26.2. The summed E-state index contributed by atoms with van der Waals surface area (Å²) in [6.45, 7) is 0.301. The number of hydrogen-bond donors (Lipinski definition) is 3. The SMILES string of the molecule is Nc1nccc2cc(CNC(=O)c3ccnc(Cc4cc(S(N)(=O)=O)c5ncc(F)cc5c4)c3)ccc12. The molecule has 5 N–H and O–H groups in total. The van der Waals surface area contributed by atoms with Crippen LogP contribution in [0.1, 0.15) is 27.2 Å². The molecule has 5 rings (SSSR count). The van der Waals surface area contributed by atoms with E-state index in [-0.39, 0.29) is 22.7 Å². The first-order valence-electron chi connectivity index (χ1n) is 11.1. The van der Waals surface area contributed by atoms with Gasteiger partial charge >= 0.3 is 0 Å². The molecule has 0 fully saturated rings. The first-order valence-corrected chi connectivity index (χ1v) is 12.7. The van der Waals surface area contributed by atoms with Crippen LogP contribution < -0.4 is 16.2 Å². The normalized spacial score (nSPS) is 11.6. The van der Waals surface area contributed by atoms with Gasteiger partial charge in [0.15, 0.2) is 0 Å². The molecule has 0 aliphatic heterocycles. The second-order valence-corrected chi connectivity index (χ2v) is 10.0. The van der Waals surface area contributed by atoms with Gasteiger partial charge in [-0.1, -0.05) is 12.1 Å². The number of amides is 1. The number of benzene rings is 2. The lowest BCUT2D eigenvalue weighted by Crippen LogP contribution is -2.23. The standard InChI is InChI=1S/C26H21FN6O3S/c27-20-11-19-8-16(10-23(37(29,35)36)24(19)32-14-20)9-21-12-18(4-5-30-21)26(34)33-13-15-1-2-22-17(7-15)3-6-31-25(22)28/h1-8,10-12,14H,9,13H2,(H2,28,31)(H,33,34)(H2,29,35,36). The molecular weight excluding hydrogens is 495 g/mol. The minimum absolute atomic E-state index is 0.0846. The Labute approximate surface area is 211 Å². The Morgan fingerprint density at radius 3 is 2.51 bits per heavy atom. The molecule has 11 heteroatoms. The summed E-state index contributed by atoms with van der Waals surface area (Å²) >= 11 is 0. The maximum atomic E-state index is 13.7. The molecular formula is C26H21FN6O3S. The maximum Gasteiger partial charge on any atom is 0.251 e. The van der Waals surface area contributed by atoms with Crippen LogP contribution in [0.2, 0.25) is 0 Å². The fourth-order valence-electron chi connectivity index (χ4n) is 4.14. The van der Waals surface area contributed by atoms with E-state index in [1.807, 2.05) is 24.3 Å². The van der Waals surface area contributed by atoms with Crippen LogP contribution in [0.15, 0.2) is 78.1 Å². The van der Waals surface area contributed by atoms with Crippen LogP contribution in [-0.4, -0.2) is 29.3 Å². The first kappa shape index (κ1) is 24.2. The molecule has 0 saturated carbocycles. The van der Waals surface area contributed by atoms with E-state index < -0.39 is 15.8 Å². The molecule has 1 amide bonds. The number of nitrogen functional groups attached to an aromatic ring is 1. The quantitative estimate of drug-likeness (QED) is 0.313. The van der Waals surface area contributed by atoms with Gasteiger partial charge in [0, 0.05) is 47.4 Å². The second-order valence-electron chi connectivity index (χ2n) is 8.51. The van der Waals surface area contributed by atoms with Crippen molar-refractivity contribution in [2.24, 2.45) is 5.14 Å². The van der Waals surface area contributed by atoms with Crippen molar-refractivity contribution >= 4 is 43.4 Å². The van der Waals surface area contributed by atoms with Crippen LogP contribution in [-0.2, 0) is 23.0 Å². The molecule has 3 heterocycles. The van der Waals surface area contributed by atoms with Crippen LogP contribution in [0, 0.1) is 5.82 Å². The fraction of sp³-hybridized carbons (Fsp3) is 0.0769. The number of nitrogens with zero attached hydrogens (tertiary/aromatic N) is 3. The molecule has 5 aromatic rings. The Bertz CT molecular complexity index is 1790. The highest BCUT2D eigenvalue weighted by molar-refractivity contribution is 7.89. The largest absolute Gasteiger partial charge is 0.383 e. The molecule has 9 nitrogen and oxygen atoms in total. The van der Waals surface area contributed by atoms with Crippen molar-refractivity contribution in [1.82, 2.24) is 20.3 Å². The van der Waals surface area contributed by atoms with Crippen molar-refractivity contribution in [2.45, 2.75) is 17.9 Å². The van der Waals surface area contributed by atoms with Crippen molar-refractivity contribution in [3.63, 3.8) is 0 Å². The summed E-state index contributed by atoms with van der Waals surface area (Å²) in [7, 11) is -4.11. The van der Waals surface area contributed by atoms with E-state index in [2.05, 4.69) is 20.3 Å². The van der Waals surface area contributed by atoms with Crippen LogP contribution in [0.3, 0.4) is 0 Å². The molecule has 37 heavy (non-hydrogen) atoms. The van der Waals surface area contributed by atoms with E-state index in [0.717, 1.165) is 22.5 Å². The van der Waals surface area contributed by atoms with Crippen molar-refractivity contribution in [2.75, 3.05) is 5.73 Å². The molecule has 0 saturated heterocycles. The number of carbonyl (C=O) groups excluding carboxylic acids is 1. The third-order valence-corrected chi connectivity index (χ3v) is 6.78. The number of carbonyl (C=O) groups is 1. The fourth-order valence-corrected chi connectivity index (χ4v) is 4.89. The topological polar surface area (TPSA) is 154 Å². The predicted octanol–water partition coefficient (Wildman–Crippen LogP) is 3.07. The lowest BCUT2D eigenvalue weighted by molar-refractivity contribution is 0.0950. The van der Waals surface area contributed by atoms with Gasteiger partial charge in [0.2, 0.25) is 10.0 Å². The highest BCUT2D eigenvalue weighted by Gasteiger charge is 2.17. The maximum absolute atomic E-state index is 13.7. The monoisotopic (exact) mass is 516 g/mol. The Morgan fingerprint density at radius 1 is 0.919 bits per heavy atom. The van der Waals surface area contributed by atoms with Gasteiger partial charge in [0.05, 0.1) is 11.7 Å². The molecule has 0 unspecified atom stereocenters. The van der Waals surface area contributed by atoms with Crippen molar-refractivity contribution in [3.05, 3.63) is 101 Å². The number of halogens is 1. The Kier molecular flexibility index (Phi) is 6.24. The lowest BCUT2D eigenvalue weighted by atomic mass is 10.0. The molecule has 186 valence electrons. The summed E-state index contributed by atoms with van der Waals surface area (Å²) in [5.41, 5.74) is 8.31. The Hall–Kier alpha value is -4.48. The van der Waals surface area contributed by atoms with Gasteiger partial charge in [-0.25, -0.2) is 22.9 Å². The van der Waals surface area contributed by atoms with E-state index in [9.17, 15) is 17.6 Å². The molecule has 0 spiro atoms. The molecule has 0 aliphatic carbocycles. The van der Waals surface area contributed by atoms with E-state index in [1.54, 1.807) is 24.4 Å². The molecule has 2 aromatic carbocycles. The Morgan fingerprint density at radius 2 is 1.70 bits per heavy atom. The van der Waals surface area contributed by atoms with Gasteiger partial charge in [0.25, 0.3) is 5.91 Å². The third kappa shape index (κ3) is 5.22. The van der Waals surface area contributed by atoms with E-state index in [0.29, 0.717) is 34.6 Å². The molecule has 0 bridgehead atoms. The highest BCUT2D eigenvalue weighted by Crippen LogP contribution is 2.25. The van der Waals surface area contributed by atoms with Crippen molar-refractivity contribution in [1.29, 1.82) is 0 Å². The van der Waals surface area contributed by atoms with E-state index in [1.165, 1.54) is 18.3 Å². The van der Waals surface area contributed by atoms with Crippen LogP contribution in [0.4, 0.5) is 10.2 Å². The summed E-state index contributed by atoms with van der Waals surface area (Å²) in [5.74, 6) is -0.456. The molecule has 0 aliphatic rings. The van der Waals surface area contributed by atoms with Crippen LogP contribution in [0.25, 0.3) is 21.7 Å². The van der Waals surface area contributed by atoms with Crippen LogP contribution >= 0.6 is 0 Å². The van der Waals surface area contributed by atoms with Crippen molar-refractivity contribution in [3.8, 4) is 0 Å². The average Bonchev–Trinajstić information content (AvgIpc) is 2.86. The predicted molar refractivity (Wildman–Crippen MR) is 137 cm³/mol. The zero-order valence-corrected chi connectivity index (χ0v) is 20.2. The van der Waals surface area contributed by atoms with E-state index >= 15 is 0 Å². The molecule has 0 radical (unpaired) electrons. The lowest BCUT2D eigenvalue weighted by Gasteiger charge is -2.10. The molecule has 0 atom stereocenters. The van der Waals surface area contributed by atoms with Gasteiger partial charge in [-0.15, -0.1) is 0 Å². The second kappa shape index (κ2) is 9.52. The van der Waals surface area contributed by atoms with Crippen LogP contribution in [0.5, 0.6) is 0 Å². The number of nitrogens with two attached hydrogens (primary N) is 2. The zero-order valence-electron chi connectivity index (χ0n) is 19.3. The average molecular weight is 517 g/mol. The third-order valence-electron chi connectivity index (χ3n) is 5.86. The molecule has 3 aromatic heterocycles. The van der Waals surface area contributed by atoms with Gasteiger partial charge in [-0.05, 0) is 59.0 Å². The summed E-state index contributed by atoms with van der Waals surface area (Å²) in [5, 5.41) is 10.3. The smallest absolute Gasteiger partial charge is 0.251 e. The number of nitrogens with one attached hydrogen (secondary N) is 1. The summed E-state index contributed by atoms with van der Waals surface area (Å²) < 4.78 is 38.0. The number of primary sulfonamides is 1. The number of anilines is 1. The van der Waals surface area contributed by atoms with Gasteiger partial charge < -0.3 is 11.1 Å². The highest BCUT2D eigenvalue weighted by atomic mass is 32.2. The van der Waals surface area contributed by atoms with Crippen molar-refractivity contribution < 1.29 is 17.6 Å². The number of aromatic nitrogens is 3. The minimum Gasteiger partial charge on any atom is -0.383 e. The number of rotatable bonds is 6. The van der Waals surface area contributed by atoms with Gasteiger partial charge in [0.1, 0.15) is 16.5 Å². The van der Waals surface area contributed by atoms with Gasteiger partial charge in [-0.3, -0.25) is 14.8 Å². The number of fused-ring (bicyclic) bond motifs is 2. The number of pyridine rings is 3. The minimum atomic E-state index is -4.11. The summed E-state index contributed by atoms with van der Waals surface area (Å²) in [6, 6.07) is 14.9. The summed E-state index contributed by atoms with van der Waals surface area (Å²) in [4.78, 5) is 24.9. The first-order chi connectivity index (χ1) is 17.7. The van der Waals surface area contributed by atoms with Gasteiger partial charge in [-0.2, -0.15) is 0 Å². The van der Waals surface area contributed by atoms with E-state index in [4.69, 9.17) is 10.9 Å².